The monoisotopic (exact) mass is 544 g/mol. The zero-order valence-corrected chi connectivity index (χ0v) is 22.3. The van der Waals surface area contributed by atoms with Crippen molar-refractivity contribution in [2.45, 2.75) is 50.5 Å². The third-order valence-electron chi connectivity index (χ3n) is 7.04. The molecular weight excluding hydrogens is 515 g/mol. The number of nitrogens with one attached hydrogen (secondary N) is 1. The van der Waals surface area contributed by atoms with Crippen LogP contribution in [0, 0.1) is 11.3 Å². The van der Waals surface area contributed by atoms with Crippen molar-refractivity contribution in [1.29, 1.82) is 0 Å². The van der Waals surface area contributed by atoms with Crippen molar-refractivity contribution in [1.82, 2.24) is 19.4 Å². The highest BCUT2D eigenvalue weighted by Crippen LogP contribution is 2.46. The Balaban J connectivity index is 1.40. The number of piperazine rings is 1. The predicted octanol–water partition coefficient (Wildman–Crippen LogP) is 2.96. The molecule has 2 aliphatic heterocycles. The van der Waals surface area contributed by atoms with E-state index < -0.39 is 27.5 Å². The van der Waals surface area contributed by atoms with Gasteiger partial charge in [-0.2, -0.15) is 4.31 Å². The molecule has 4 amide bonds. The van der Waals surface area contributed by atoms with E-state index in [0.717, 1.165) is 11.3 Å². The summed E-state index contributed by atoms with van der Waals surface area (Å²) in [5.74, 6) is -0.486. The Bertz CT molecular complexity index is 1170. The zero-order chi connectivity index (χ0) is 25.8. The maximum atomic E-state index is 13.3. The van der Waals surface area contributed by atoms with Crippen LogP contribution in [0.15, 0.2) is 23.1 Å². The molecular formula is C23H30Cl2N4O5S. The van der Waals surface area contributed by atoms with Crippen LogP contribution in [-0.2, 0) is 19.6 Å². The van der Waals surface area contributed by atoms with Crippen molar-refractivity contribution < 1.29 is 22.8 Å². The molecule has 2 atom stereocenters. The minimum atomic E-state index is -3.89. The van der Waals surface area contributed by atoms with Gasteiger partial charge in [-0.05, 0) is 42.7 Å². The molecule has 0 unspecified atom stereocenters. The summed E-state index contributed by atoms with van der Waals surface area (Å²) < 4.78 is 27.3. The van der Waals surface area contributed by atoms with Gasteiger partial charge in [0, 0.05) is 26.2 Å². The number of carbonyl (C=O) groups excluding carboxylic acids is 3. The average molecular weight is 545 g/mol. The summed E-state index contributed by atoms with van der Waals surface area (Å²) in [5.41, 5.74) is -1.07. The van der Waals surface area contributed by atoms with Gasteiger partial charge in [-0.25, -0.2) is 13.2 Å². The Morgan fingerprint density at radius 3 is 2.40 bits per heavy atom. The number of nitrogens with zero attached hydrogens (tertiary/aromatic N) is 3. The Kier molecular flexibility index (Phi) is 6.89. The lowest BCUT2D eigenvalue weighted by atomic mass is 9.64. The minimum Gasteiger partial charge on any atom is -0.338 e. The normalized spacial score (nSPS) is 27.4. The molecule has 12 heteroatoms. The lowest BCUT2D eigenvalue weighted by Crippen LogP contribution is -2.55. The quantitative estimate of drug-likeness (QED) is 0.586. The molecule has 1 aromatic carbocycles. The number of carbonyl (C=O) groups is 3. The molecule has 0 radical (unpaired) electrons. The maximum absolute atomic E-state index is 13.3. The van der Waals surface area contributed by atoms with E-state index in [-0.39, 0.29) is 64.9 Å². The van der Waals surface area contributed by atoms with Gasteiger partial charge in [0.25, 0.3) is 5.91 Å². The second-order valence-electron chi connectivity index (χ2n) is 10.6. The lowest BCUT2D eigenvalue weighted by Gasteiger charge is -2.43. The van der Waals surface area contributed by atoms with Crippen LogP contribution >= 0.6 is 23.2 Å². The van der Waals surface area contributed by atoms with E-state index in [2.05, 4.69) is 26.1 Å². The van der Waals surface area contributed by atoms with Crippen molar-refractivity contribution in [3.05, 3.63) is 28.2 Å². The van der Waals surface area contributed by atoms with E-state index in [1.54, 1.807) is 0 Å². The largest absolute Gasteiger partial charge is 0.338 e. The fraction of sp³-hybridized carbons (Fsp3) is 0.609. The van der Waals surface area contributed by atoms with Crippen LogP contribution in [0.25, 0.3) is 0 Å². The summed E-state index contributed by atoms with van der Waals surface area (Å²) in [7, 11) is -3.89. The Morgan fingerprint density at radius 2 is 1.77 bits per heavy atom. The topological polar surface area (TPSA) is 107 Å². The third-order valence-corrected chi connectivity index (χ3v) is 9.91. The number of benzene rings is 1. The van der Waals surface area contributed by atoms with Crippen LogP contribution in [-0.4, -0.2) is 78.6 Å². The van der Waals surface area contributed by atoms with Crippen molar-refractivity contribution in [3.8, 4) is 0 Å². The molecule has 1 aromatic rings. The molecule has 2 heterocycles. The van der Waals surface area contributed by atoms with Gasteiger partial charge in [0.2, 0.25) is 15.9 Å². The van der Waals surface area contributed by atoms with Crippen LogP contribution < -0.4 is 5.32 Å². The molecule has 2 saturated heterocycles. The first-order valence-corrected chi connectivity index (χ1v) is 13.8. The van der Waals surface area contributed by atoms with E-state index >= 15 is 0 Å². The van der Waals surface area contributed by atoms with Gasteiger partial charge in [0.1, 0.15) is 17.0 Å². The highest BCUT2D eigenvalue weighted by atomic mass is 35.5. The molecule has 4 rings (SSSR count). The number of amides is 4. The number of hydrogen-bond acceptors (Lipinski definition) is 5. The number of urea groups is 1. The number of imide groups is 1. The molecule has 0 bridgehead atoms. The lowest BCUT2D eigenvalue weighted by molar-refractivity contribution is -0.141. The first-order chi connectivity index (χ1) is 16.3. The van der Waals surface area contributed by atoms with Gasteiger partial charge in [-0.15, -0.1) is 0 Å². The fourth-order valence-electron chi connectivity index (χ4n) is 5.89. The Morgan fingerprint density at radius 1 is 1.11 bits per heavy atom. The molecule has 0 aromatic heterocycles. The summed E-state index contributed by atoms with van der Waals surface area (Å²) in [6.45, 7) is 6.27. The molecule has 9 nitrogen and oxygen atoms in total. The summed E-state index contributed by atoms with van der Waals surface area (Å²) in [4.78, 5) is 41.4. The van der Waals surface area contributed by atoms with E-state index in [4.69, 9.17) is 23.2 Å². The molecule has 35 heavy (non-hydrogen) atoms. The van der Waals surface area contributed by atoms with Gasteiger partial charge in [0.05, 0.1) is 10.0 Å². The second-order valence-corrected chi connectivity index (χ2v) is 13.3. The SMILES string of the molecule is C[C@H]1CC(C)(C)C[C@]2(C1)NC(=O)N(CC(=O)N1CCN(S(=O)(=O)c3cccc(Cl)c3Cl)CC1)C2=O. The number of sulfonamides is 1. The predicted molar refractivity (Wildman–Crippen MR) is 132 cm³/mol. The van der Waals surface area contributed by atoms with E-state index in [0.29, 0.717) is 12.8 Å². The van der Waals surface area contributed by atoms with Gasteiger partial charge in [-0.1, -0.05) is 50.0 Å². The molecule has 3 fully saturated rings. The molecule has 1 saturated carbocycles. The summed E-state index contributed by atoms with van der Waals surface area (Å²) >= 11 is 12.1. The second kappa shape index (κ2) is 9.21. The van der Waals surface area contributed by atoms with Crippen LogP contribution in [0.4, 0.5) is 4.79 Å². The Hall–Kier alpha value is -1.88. The highest BCUT2D eigenvalue weighted by molar-refractivity contribution is 7.89. The number of halogens is 2. The number of hydrogen-bond donors (Lipinski definition) is 1. The zero-order valence-electron chi connectivity index (χ0n) is 20.0. The fourth-order valence-corrected chi connectivity index (χ4v) is 8.04. The highest BCUT2D eigenvalue weighted by Gasteiger charge is 2.56. The molecule has 1 spiro atoms. The molecule has 3 aliphatic rings. The van der Waals surface area contributed by atoms with Crippen LogP contribution in [0.1, 0.15) is 40.0 Å². The standard InChI is InChI=1S/C23H30Cl2N4O5S/c1-15-11-22(2,3)14-23(12-15)20(31)29(21(32)26-23)13-18(30)27-7-9-28(10-8-27)35(33,34)17-6-4-5-16(24)19(17)25/h4-6,15H,7-14H2,1-3H3,(H,26,32)/t15-,23-/m0/s1. The first-order valence-electron chi connectivity index (χ1n) is 11.6. The van der Waals surface area contributed by atoms with E-state index in [1.165, 1.54) is 27.4 Å². The molecule has 192 valence electrons. The van der Waals surface area contributed by atoms with Crippen molar-refractivity contribution in [3.63, 3.8) is 0 Å². The van der Waals surface area contributed by atoms with Crippen LogP contribution in [0.5, 0.6) is 0 Å². The minimum absolute atomic E-state index is 0.0413. The van der Waals surface area contributed by atoms with Crippen molar-refractivity contribution in [2.75, 3.05) is 32.7 Å². The van der Waals surface area contributed by atoms with Crippen molar-refractivity contribution in [2.24, 2.45) is 11.3 Å². The van der Waals surface area contributed by atoms with Gasteiger partial charge < -0.3 is 10.2 Å². The summed E-state index contributed by atoms with van der Waals surface area (Å²) in [6, 6.07) is 3.86. The molecule has 1 aliphatic carbocycles. The average Bonchev–Trinajstić information content (AvgIpc) is 2.97. The van der Waals surface area contributed by atoms with E-state index in [1.807, 2.05) is 0 Å². The van der Waals surface area contributed by atoms with E-state index in [9.17, 15) is 22.8 Å². The van der Waals surface area contributed by atoms with Gasteiger partial charge >= 0.3 is 6.03 Å². The van der Waals surface area contributed by atoms with Crippen molar-refractivity contribution >= 4 is 51.1 Å². The molecule has 1 N–H and O–H groups in total. The Labute approximate surface area is 215 Å². The summed E-state index contributed by atoms with van der Waals surface area (Å²) in [6.07, 6.45) is 2.04. The van der Waals surface area contributed by atoms with Crippen LogP contribution in [0.2, 0.25) is 10.0 Å². The number of rotatable bonds is 4. The van der Waals surface area contributed by atoms with Gasteiger partial charge in [0.15, 0.2) is 0 Å². The third kappa shape index (κ3) is 4.90. The van der Waals surface area contributed by atoms with Gasteiger partial charge in [-0.3, -0.25) is 14.5 Å². The van der Waals surface area contributed by atoms with Crippen LogP contribution in [0.3, 0.4) is 0 Å². The summed E-state index contributed by atoms with van der Waals surface area (Å²) in [5, 5.41) is 2.98. The maximum Gasteiger partial charge on any atom is 0.325 e. The first kappa shape index (κ1) is 26.2. The smallest absolute Gasteiger partial charge is 0.325 e.